The predicted octanol–water partition coefficient (Wildman–Crippen LogP) is 2.47. The lowest BCUT2D eigenvalue weighted by Gasteiger charge is -2.09. The van der Waals surface area contributed by atoms with Crippen LogP contribution in [0, 0.1) is 5.82 Å². The normalized spacial score (nSPS) is 17.6. The quantitative estimate of drug-likeness (QED) is 0.871. The number of nitrogens with zero attached hydrogens (tertiary/aromatic N) is 1. The van der Waals surface area contributed by atoms with Gasteiger partial charge in [0, 0.05) is 13.1 Å². The predicted molar refractivity (Wildman–Crippen MR) is 73.1 cm³/mol. The lowest BCUT2D eigenvalue weighted by atomic mass is 10.2. The molecule has 0 atom stereocenters. The van der Waals surface area contributed by atoms with Crippen LogP contribution in [-0.4, -0.2) is 29.1 Å². The van der Waals surface area contributed by atoms with Crippen LogP contribution >= 0.6 is 23.4 Å². The van der Waals surface area contributed by atoms with Gasteiger partial charge in [-0.15, -0.1) is 0 Å². The van der Waals surface area contributed by atoms with E-state index in [4.69, 9.17) is 17.3 Å². The molecule has 2 amide bonds. The number of benzene rings is 1. The van der Waals surface area contributed by atoms with Crippen molar-refractivity contribution >= 4 is 40.6 Å². The Kier molecular flexibility index (Phi) is 4.24. The zero-order valence-electron chi connectivity index (χ0n) is 9.73. The second-order valence-corrected chi connectivity index (χ2v) is 5.20. The van der Waals surface area contributed by atoms with Crippen LogP contribution < -0.4 is 5.73 Å². The van der Waals surface area contributed by atoms with Gasteiger partial charge in [-0.3, -0.25) is 14.5 Å². The van der Waals surface area contributed by atoms with Crippen LogP contribution in [0.4, 0.5) is 9.18 Å². The van der Waals surface area contributed by atoms with Gasteiger partial charge >= 0.3 is 0 Å². The van der Waals surface area contributed by atoms with Gasteiger partial charge in [0.05, 0.1) is 9.93 Å². The van der Waals surface area contributed by atoms with Crippen LogP contribution in [0.1, 0.15) is 5.56 Å². The molecule has 2 N–H and O–H groups in total. The summed E-state index contributed by atoms with van der Waals surface area (Å²) in [6, 6.07) is 4.18. The Bertz CT molecular complexity index is 577. The zero-order valence-corrected chi connectivity index (χ0v) is 11.3. The smallest absolute Gasteiger partial charge is 0.293 e. The molecule has 2 rings (SSSR count). The van der Waals surface area contributed by atoms with Gasteiger partial charge in [-0.2, -0.15) is 0 Å². The van der Waals surface area contributed by atoms with E-state index in [-0.39, 0.29) is 28.3 Å². The molecule has 7 heteroatoms. The summed E-state index contributed by atoms with van der Waals surface area (Å²) < 4.78 is 13.3. The first-order valence-electron chi connectivity index (χ1n) is 5.43. The topological polar surface area (TPSA) is 63.4 Å². The number of hydrogen-bond acceptors (Lipinski definition) is 4. The Labute approximate surface area is 118 Å². The maximum Gasteiger partial charge on any atom is 0.293 e. The summed E-state index contributed by atoms with van der Waals surface area (Å²) in [5, 5.41) is -0.357. The molecular formula is C12H10ClFN2O2S. The van der Waals surface area contributed by atoms with Crippen LogP contribution in [0.3, 0.4) is 0 Å². The van der Waals surface area contributed by atoms with E-state index in [9.17, 15) is 14.0 Å². The van der Waals surface area contributed by atoms with Crippen LogP contribution in [0.2, 0.25) is 5.02 Å². The number of thioether (sulfide) groups is 1. The molecule has 0 radical (unpaired) electrons. The molecule has 0 spiro atoms. The first-order chi connectivity index (χ1) is 9.02. The summed E-state index contributed by atoms with van der Waals surface area (Å²) in [6.45, 7) is 0.387. The summed E-state index contributed by atoms with van der Waals surface area (Å²) in [5.41, 5.74) is 5.80. The van der Waals surface area contributed by atoms with Gasteiger partial charge in [-0.25, -0.2) is 4.39 Å². The van der Waals surface area contributed by atoms with Gasteiger partial charge in [0.15, 0.2) is 0 Å². The third kappa shape index (κ3) is 2.97. The minimum absolute atomic E-state index is 0.00776. The molecule has 1 heterocycles. The molecule has 1 aliphatic rings. The maximum atomic E-state index is 13.3. The fourth-order valence-electron chi connectivity index (χ4n) is 1.58. The summed E-state index contributed by atoms with van der Waals surface area (Å²) in [4.78, 5) is 24.8. The highest BCUT2D eigenvalue weighted by Crippen LogP contribution is 2.32. The van der Waals surface area contributed by atoms with Gasteiger partial charge in [0.1, 0.15) is 5.82 Å². The Morgan fingerprint density at radius 2 is 2.16 bits per heavy atom. The minimum atomic E-state index is -0.573. The van der Waals surface area contributed by atoms with E-state index < -0.39 is 11.7 Å². The van der Waals surface area contributed by atoms with Crippen molar-refractivity contribution in [2.24, 2.45) is 5.73 Å². The average molecular weight is 301 g/mol. The zero-order chi connectivity index (χ0) is 14.0. The number of amides is 2. The van der Waals surface area contributed by atoms with Crippen molar-refractivity contribution in [2.75, 3.05) is 13.1 Å². The second kappa shape index (κ2) is 5.73. The van der Waals surface area contributed by atoms with Crippen molar-refractivity contribution in [3.05, 3.63) is 39.5 Å². The highest BCUT2D eigenvalue weighted by atomic mass is 35.5. The monoisotopic (exact) mass is 300 g/mol. The van der Waals surface area contributed by atoms with E-state index in [0.29, 0.717) is 5.56 Å². The number of halogens is 2. The fraction of sp³-hybridized carbons (Fsp3) is 0.167. The third-order valence-corrected chi connectivity index (χ3v) is 3.68. The van der Waals surface area contributed by atoms with E-state index in [2.05, 4.69) is 0 Å². The maximum absolute atomic E-state index is 13.3. The first-order valence-corrected chi connectivity index (χ1v) is 6.63. The largest absolute Gasteiger partial charge is 0.329 e. The summed E-state index contributed by atoms with van der Waals surface area (Å²) in [5.74, 6) is -0.979. The number of nitrogens with two attached hydrogens (primary N) is 1. The standard InChI is InChI=1S/C12H10ClFN2O2S/c13-8-2-1-7(5-9(8)14)6-10-11(17)16(4-3-15)12(18)19-10/h1-2,5-6H,3-4,15H2. The van der Waals surface area contributed by atoms with Crippen molar-refractivity contribution in [3.63, 3.8) is 0 Å². The van der Waals surface area contributed by atoms with Gasteiger partial charge < -0.3 is 5.73 Å². The molecule has 0 unspecified atom stereocenters. The van der Waals surface area contributed by atoms with Gasteiger partial charge in [-0.05, 0) is 35.5 Å². The molecule has 1 aliphatic heterocycles. The summed E-state index contributed by atoms with van der Waals surface area (Å²) in [6.07, 6.45) is 1.46. The highest BCUT2D eigenvalue weighted by molar-refractivity contribution is 8.18. The molecular weight excluding hydrogens is 291 g/mol. The molecule has 0 bridgehead atoms. The Hall–Kier alpha value is -1.37. The molecule has 100 valence electrons. The fourth-order valence-corrected chi connectivity index (χ4v) is 2.56. The lowest BCUT2D eigenvalue weighted by Crippen LogP contribution is -2.33. The van der Waals surface area contributed by atoms with Gasteiger partial charge in [0.2, 0.25) is 0 Å². The van der Waals surface area contributed by atoms with Crippen molar-refractivity contribution < 1.29 is 14.0 Å². The Balaban J connectivity index is 2.27. The second-order valence-electron chi connectivity index (χ2n) is 3.80. The molecule has 1 aromatic carbocycles. The molecule has 0 aromatic heterocycles. The van der Waals surface area contributed by atoms with E-state index in [1.807, 2.05) is 0 Å². The van der Waals surface area contributed by atoms with Crippen molar-refractivity contribution in [2.45, 2.75) is 0 Å². The van der Waals surface area contributed by atoms with Crippen LogP contribution in [0.15, 0.2) is 23.1 Å². The summed E-state index contributed by atoms with van der Waals surface area (Å²) in [7, 11) is 0. The van der Waals surface area contributed by atoms with Crippen LogP contribution in [-0.2, 0) is 4.79 Å². The van der Waals surface area contributed by atoms with E-state index in [0.717, 1.165) is 16.7 Å². The van der Waals surface area contributed by atoms with E-state index in [1.54, 1.807) is 6.07 Å². The molecule has 0 saturated carbocycles. The first kappa shape index (κ1) is 14.0. The lowest BCUT2D eigenvalue weighted by molar-refractivity contribution is -0.122. The van der Waals surface area contributed by atoms with Gasteiger partial charge in [0.25, 0.3) is 11.1 Å². The SMILES string of the molecule is NCCN1C(=O)SC(=Cc2ccc(Cl)c(F)c2)C1=O. The average Bonchev–Trinajstić information content (AvgIpc) is 2.62. The molecule has 1 saturated heterocycles. The van der Waals surface area contributed by atoms with Crippen LogP contribution in [0.5, 0.6) is 0 Å². The molecule has 0 aliphatic carbocycles. The van der Waals surface area contributed by atoms with Crippen molar-refractivity contribution in [1.82, 2.24) is 4.90 Å². The van der Waals surface area contributed by atoms with E-state index in [1.165, 1.54) is 18.2 Å². The molecule has 4 nitrogen and oxygen atoms in total. The van der Waals surface area contributed by atoms with Crippen molar-refractivity contribution in [1.29, 1.82) is 0 Å². The summed E-state index contributed by atoms with van der Waals surface area (Å²) >= 11 is 6.38. The van der Waals surface area contributed by atoms with Crippen molar-refractivity contribution in [3.8, 4) is 0 Å². The van der Waals surface area contributed by atoms with E-state index >= 15 is 0 Å². The Morgan fingerprint density at radius 3 is 2.79 bits per heavy atom. The number of carbonyl (C=O) groups excluding carboxylic acids is 2. The van der Waals surface area contributed by atoms with Crippen LogP contribution in [0.25, 0.3) is 6.08 Å². The number of hydrogen-bond donors (Lipinski definition) is 1. The Morgan fingerprint density at radius 1 is 1.42 bits per heavy atom. The minimum Gasteiger partial charge on any atom is -0.329 e. The number of rotatable bonds is 3. The number of carbonyl (C=O) groups is 2. The highest BCUT2D eigenvalue weighted by Gasteiger charge is 2.34. The molecule has 19 heavy (non-hydrogen) atoms. The molecule has 1 fully saturated rings. The molecule has 1 aromatic rings. The third-order valence-electron chi connectivity index (χ3n) is 2.47. The number of imide groups is 1. The van der Waals surface area contributed by atoms with Gasteiger partial charge in [-0.1, -0.05) is 17.7 Å².